The van der Waals surface area contributed by atoms with Crippen molar-refractivity contribution in [2.24, 2.45) is 5.10 Å². The standard InChI is InChI=1S/C27H21N5S/c1-3-10-21(11-4-1)31-19-23(27(30-31)20-9-7-15-28-18-20)25-17-24(26-14-8-16-33-26)29-32(25)22-12-5-2-6-13-22/h1-16,18-19,25H,17H2/t25-/m0/s1. The summed E-state index contributed by atoms with van der Waals surface area (Å²) in [5.74, 6) is 0. The smallest absolute Gasteiger partial charge is 0.0996 e. The molecule has 2 aromatic carbocycles. The van der Waals surface area contributed by atoms with Crippen LogP contribution in [-0.4, -0.2) is 20.5 Å². The van der Waals surface area contributed by atoms with E-state index in [1.807, 2.05) is 41.2 Å². The molecule has 0 N–H and O–H groups in total. The van der Waals surface area contributed by atoms with Crippen LogP contribution in [0.2, 0.25) is 0 Å². The zero-order valence-electron chi connectivity index (χ0n) is 17.8. The SMILES string of the molecule is c1ccc(N2N=C(c3cccs3)C[C@H]2c2cn(-c3ccccc3)nc2-c2cccnc2)cc1. The summed E-state index contributed by atoms with van der Waals surface area (Å²) in [5, 5.41) is 14.3. The minimum atomic E-state index is 0.0252. The Bertz CT molecular complexity index is 1380. The molecule has 33 heavy (non-hydrogen) atoms. The second-order valence-corrected chi connectivity index (χ2v) is 8.83. The fraction of sp³-hybridized carbons (Fsp3) is 0.0741. The zero-order chi connectivity index (χ0) is 22.0. The van der Waals surface area contributed by atoms with Crippen molar-refractivity contribution in [2.75, 3.05) is 5.01 Å². The molecule has 0 bridgehead atoms. The summed E-state index contributed by atoms with van der Waals surface area (Å²) in [6.07, 6.45) is 6.62. The van der Waals surface area contributed by atoms with Crippen LogP contribution in [0, 0.1) is 0 Å². The van der Waals surface area contributed by atoms with Crippen LogP contribution in [0.1, 0.15) is 22.9 Å². The summed E-state index contributed by atoms with van der Waals surface area (Å²) in [5.41, 5.74) is 6.26. The Hall–Kier alpha value is -4.03. The molecule has 1 aliphatic heterocycles. The molecular weight excluding hydrogens is 426 g/mol. The molecular formula is C27H21N5S. The maximum absolute atomic E-state index is 5.08. The number of hydrazone groups is 1. The van der Waals surface area contributed by atoms with Gasteiger partial charge in [-0.05, 0) is 47.8 Å². The Morgan fingerprint density at radius 3 is 2.30 bits per heavy atom. The number of benzene rings is 2. The lowest BCUT2D eigenvalue weighted by Crippen LogP contribution is -2.18. The summed E-state index contributed by atoms with van der Waals surface area (Å²) in [6, 6.07) is 28.9. The van der Waals surface area contributed by atoms with Gasteiger partial charge in [0.05, 0.1) is 33.7 Å². The number of thiophene rings is 1. The topological polar surface area (TPSA) is 46.3 Å². The number of hydrogen-bond acceptors (Lipinski definition) is 5. The monoisotopic (exact) mass is 447 g/mol. The van der Waals surface area contributed by atoms with Gasteiger partial charge in [-0.2, -0.15) is 10.2 Å². The van der Waals surface area contributed by atoms with E-state index in [1.165, 1.54) is 4.88 Å². The Kier molecular flexibility index (Phi) is 5.05. The molecule has 3 aromatic heterocycles. The van der Waals surface area contributed by atoms with Crippen molar-refractivity contribution in [3.8, 4) is 16.9 Å². The lowest BCUT2D eigenvalue weighted by molar-refractivity contribution is 0.710. The fourth-order valence-corrected chi connectivity index (χ4v) is 4.96. The van der Waals surface area contributed by atoms with Gasteiger partial charge >= 0.3 is 0 Å². The van der Waals surface area contributed by atoms with Crippen LogP contribution in [-0.2, 0) is 0 Å². The zero-order valence-corrected chi connectivity index (χ0v) is 18.6. The van der Waals surface area contributed by atoms with Gasteiger partial charge in [-0.15, -0.1) is 11.3 Å². The molecule has 1 atom stereocenters. The molecule has 0 radical (unpaired) electrons. The lowest BCUT2D eigenvalue weighted by Gasteiger charge is -2.23. The highest BCUT2D eigenvalue weighted by atomic mass is 32.1. The predicted molar refractivity (Wildman–Crippen MR) is 134 cm³/mol. The molecule has 0 aliphatic carbocycles. The Morgan fingerprint density at radius 2 is 1.61 bits per heavy atom. The maximum atomic E-state index is 5.08. The van der Waals surface area contributed by atoms with E-state index in [-0.39, 0.29) is 6.04 Å². The minimum Gasteiger partial charge on any atom is -0.264 e. The van der Waals surface area contributed by atoms with E-state index in [1.54, 1.807) is 17.5 Å². The van der Waals surface area contributed by atoms with E-state index >= 15 is 0 Å². The van der Waals surface area contributed by atoms with Crippen molar-refractivity contribution < 1.29 is 0 Å². The van der Waals surface area contributed by atoms with Gasteiger partial charge in [0.2, 0.25) is 0 Å². The van der Waals surface area contributed by atoms with Crippen LogP contribution in [0.4, 0.5) is 5.69 Å². The highest BCUT2D eigenvalue weighted by Crippen LogP contribution is 2.41. The third-order valence-electron chi connectivity index (χ3n) is 5.79. The Balaban J connectivity index is 1.50. The summed E-state index contributed by atoms with van der Waals surface area (Å²) in [4.78, 5) is 5.56. The normalized spacial score (nSPS) is 15.6. The average Bonchev–Trinajstić information content (AvgIpc) is 3.65. The van der Waals surface area contributed by atoms with Crippen molar-refractivity contribution in [3.63, 3.8) is 0 Å². The number of para-hydroxylation sites is 2. The van der Waals surface area contributed by atoms with Crippen LogP contribution >= 0.6 is 11.3 Å². The van der Waals surface area contributed by atoms with Crippen LogP contribution in [0.5, 0.6) is 0 Å². The van der Waals surface area contributed by atoms with Gasteiger partial charge < -0.3 is 0 Å². The van der Waals surface area contributed by atoms with Crippen LogP contribution < -0.4 is 5.01 Å². The minimum absolute atomic E-state index is 0.0252. The fourth-order valence-electron chi connectivity index (χ4n) is 4.23. The average molecular weight is 448 g/mol. The van der Waals surface area contributed by atoms with E-state index in [9.17, 15) is 0 Å². The first kappa shape index (κ1) is 19.6. The first-order valence-electron chi connectivity index (χ1n) is 10.9. The quantitative estimate of drug-likeness (QED) is 0.315. The molecule has 0 unspecified atom stereocenters. The maximum Gasteiger partial charge on any atom is 0.0996 e. The first-order chi connectivity index (χ1) is 16.4. The molecule has 6 heteroatoms. The number of pyridine rings is 1. The van der Waals surface area contributed by atoms with Gasteiger partial charge in [0, 0.05) is 36.1 Å². The van der Waals surface area contributed by atoms with Crippen molar-refractivity contribution >= 4 is 22.7 Å². The summed E-state index contributed by atoms with van der Waals surface area (Å²) < 4.78 is 1.96. The molecule has 0 spiro atoms. The lowest BCUT2D eigenvalue weighted by atomic mass is 9.98. The largest absolute Gasteiger partial charge is 0.264 e. The van der Waals surface area contributed by atoms with Crippen LogP contribution in [0.25, 0.3) is 16.9 Å². The van der Waals surface area contributed by atoms with Gasteiger partial charge in [0.15, 0.2) is 0 Å². The van der Waals surface area contributed by atoms with E-state index in [0.29, 0.717) is 0 Å². The number of anilines is 1. The summed E-state index contributed by atoms with van der Waals surface area (Å²) in [7, 11) is 0. The predicted octanol–water partition coefficient (Wildman–Crippen LogP) is 6.35. The highest BCUT2D eigenvalue weighted by molar-refractivity contribution is 7.12. The van der Waals surface area contributed by atoms with Gasteiger partial charge in [0.25, 0.3) is 0 Å². The number of aromatic nitrogens is 3. The van der Waals surface area contributed by atoms with E-state index in [0.717, 1.165) is 40.3 Å². The first-order valence-corrected chi connectivity index (χ1v) is 11.8. The van der Waals surface area contributed by atoms with E-state index < -0.39 is 0 Å². The molecule has 0 amide bonds. The van der Waals surface area contributed by atoms with Gasteiger partial charge in [-0.1, -0.05) is 42.5 Å². The Morgan fingerprint density at radius 1 is 0.818 bits per heavy atom. The molecule has 0 fully saturated rings. The summed E-state index contributed by atoms with van der Waals surface area (Å²) >= 11 is 1.73. The second kappa shape index (κ2) is 8.48. The summed E-state index contributed by atoms with van der Waals surface area (Å²) in [6.45, 7) is 0. The third-order valence-corrected chi connectivity index (χ3v) is 6.71. The number of nitrogens with zero attached hydrogens (tertiary/aromatic N) is 5. The second-order valence-electron chi connectivity index (χ2n) is 7.88. The van der Waals surface area contributed by atoms with E-state index in [2.05, 4.69) is 76.2 Å². The molecule has 5 aromatic rings. The highest BCUT2D eigenvalue weighted by Gasteiger charge is 2.33. The van der Waals surface area contributed by atoms with Crippen molar-refractivity contribution in [2.45, 2.75) is 12.5 Å². The van der Waals surface area contributed by atoms with Crippen LogP contribution in [0.3, 0.4) is 0 Å². The third kappa shape index (κ3) is 3.75. The molecule has 6 rings (SSSR count). The van der Waals surface area contributed by atoms with Crippen molar-refractivity contribution in [1.82, 2.24) is 14.8 Å². The number of rotatable bonds is 5. The molecule has 1 aliphatic rings. The molecule has 5 nitrogen and oxygen atoms in total. The molecule has 0 saturated carbocycles. The van der Waals surface area contributed by atoms with Crippen LogP contribution in [0.15, 0.2) is 114 Å². The number of hydrogen-bond donors (Lipinski definition) is 0. The molecule has 4 heterocycles. The van der Waals surface area contributed by atoms with E-state index in [4.69, 9.17) is 10.2 Å². The van der Waals surface area contributed by atoms with Crippen molar-refractivity contribution in [1.29, 1.82) is 0 Å². The van der Waals surface area contributed by atoms with Gasteiger partial charge in [-0.25, -0.2) is 4.68 Å². The molecule has 0 saturated heterocycles. The molecule has 160 valence electrons. The van der Waals surface area contributed by atoms with Crippen molar-refractivity contribution in [3.05, 3.63) is 119 Å². The Labute approximate surface area is 196 Å². The van der Waals surface area contributed by atoms with Gasteiger partial charge in [0.1, 0.15) is 0 Å². The van der Waals surface area contributed by atoms with Gasteiger partial charge in [-0.3, -0.25) is 9.99 Å².